The molecule has 1 saturated heterocycles. The predicted molar refractivity (Wildman–Crippen MR) is 68.6 cm³/mol. The van der Waals surface area contributed by atoms with Crippen LogP contribution in [0.25, 0.3) is 0 Å². The number of anilines is 1. The molecule has 1 aliphatic heterocycles. The molecule has 6 heteroatoms. The third-order valence-corrected chi connectivity index (χ3v) is 3.51. The van der Waals surface area contributed by atoms with Crippen LogP contribution in [0.1, 0.15) is 6.42 Å². The minimum absolute atomic E-state index is 0.0378. The molecule has 2 heterocycles. The van der Waals surface area contributed by atoms with Crippen molar-refractivity contribution in [2.24, 2.45) is 5.92 Å². The SMILES string of the molecule is O=C1CC(CS)CN1c1ncc(Cl)cc1Cl. The van der Waals surface area contributed by atoms with E-state index in [1.54, 1.807) is 11.0 Å². The molecule has 3 nitrogen and oxygen atoms in total. The second-order valence-electron chi connectivity index (χ2n) is 3.72. The second kappa shape index (κ2) is 4.82. The Hall–Kier alpha value is -0.450. The summed E-state index contributed by atoms with van der Waals surface area (Å²) in [5.41, 5.74) is 0. The summed E-state index contributed by atoms with van der Waals surface area (Å²) in [5, 5.41) is 0.867. The van der Waals surface area contributed by atoms with E-state index >= 15 is 0 Å². The number of thiol groups is 1. The van der Waals surface area contributed by atoms with Crippen LogP contribution >= 0.6 is 35.8 Å². The summed E-state index contributed by atoms with van der Waals surface area (Å²) in [5.74, 6) is 1.48. The van der Waals surface area contributed by atoms with Crippen LogP contribution in [0.3, 0.4) is 0 Å². The van der Waals surface area contributed by atoms with Gasteiger partial charge in [-0.05, 0) is 17.7 Å². The van der Waals surface area contributed by atoms with Gasteiger partial charge in [0.1, 0.15) is 0 Å². The van der Waals surface area contributed by atoms with Crippen molar-refractivity contribution in [2.75, 3.05) is 17.2 Å². The van der Waals surface area contributed by atoms with Crippen LogP contribution in [0.2, 0.25) is 10.0 Å². The zero-order valence-electron chi connectivity index (χ0n) is 8.36. The van der Waals surface area contributed by atoms with E-state index in [4.69, 9.17) is 23.2 Å². The van der Waals surface area contributed by atoms with Crippen LogP contribution < -0.4 is 4.90 Å². The molecule has 0 saturated carbocycles. The second-order valence-corrected chi connectivity index (χ2v) is 4.92. The molecule has 0 bridgehead atoms. The molecule has 0 spiro atoms. The van der Waals surface area contributed by atoms with Gasteiger partial charge in [-0.2, -0.15) is 12.6 Å². The number of nitrogens with zero attached hydrogens (tertiary/aromatic N) is 2. The van der Waals surface area contributed by atoms with Crippen molar-refractivity contribution in [3.8, 4) is 0 Å². The van der Waals surface area contributed by atoms with Gasteiger partial charge in [0.15, 0.2) is 5.82 Å². The van der Waals surface area contributed by atoms with Crippen molar-refractivity contribution >= 4 is 47.6 Å². The van der Waals surface area contributed by atoms with Crippen LogP contribution in [0.4, 0.5) is 5.82 Å². The van der Waals surface area contributed by atoms with Crippen molar-refractivity contribution in [1.82, 2.24) is 4.98 Å². The fraction of sp³-hybridized carbons (Fsp3) is 0.400. The predicted octanol–water partition coefficient (Wildman–Crippen LogP) is 2.67. The van der Waals surface area contributed by atoms with Crippen molar-refractivity contribution < 1.29 is 4.79 Å². The Labute approximate surface area is 109 Å². The highest BCUT2D eigenvalue weighted by Gasteiger charge is 2.31. The zero-order chi connectivity index (χ0) is 11.7. The number of carbonyl (C=O) groups excluding carboxylic acids is 1. The molecule has 1 fully saturated rings. The summed E-state index contributed by atoms with van der Waals surface area (Å²) in [7, 11) is 0. The smallest absolute Gasteiger partial charge is 0.228 e. The van der Waals surface area contributed by atoms with Crippen LogP contribution in [0.5, 0.6) is 0 Å². The van der Waals surface area contributed by atoms with E-state index in [-0.39, 0.29) is 11.8 Å². The maximum absolute atomic E-state index is 11.7. The lowest BCUT2D eigenvalue weighted by molar-refractivity contribution is -0.117. The molecule has 1 atom stereocenters. The molecular weight excluding hydrogens is 267 g/mol. The fourth-order valence-corrected chi connectivity index (χ4v) is 2.44. The van der Waals surface area contributed by atoms with Gasteiger partial charge < -0.3 is 0 Å². The summed E-state index contributed by atoms with van der Waals surface area (Å²) in [6.07, 6.45) is 1.99. The Kier molecular flexibility index (Phi) is 3.62. The largest absolute Gasteiger partial charge is 0.295 e. The van der Waals surface area contributed by atoms with E-state index in [9.17, 15) is 4.79 Å². The molecule has 0 aliphatic carbocycles. The summed E-state index contributed by atoms with van der Waals surface area (Å²) in [6.45, 7) is 0.622. The Bertz CT molecular complexity index is 427. The first-order valence-electron chi connectivity index (χ1n) is 4.84. The van der Waals surface area contributed by atoms with Crippen LogP contribution in [0.15, 0.2) is 12.3 Å². The lowest BCUT2D eigenvalue weighted by atomic mass is 10.1. The first-order chi connectivity index (χ1) is 7.61. The van der Waals surface area contributed by atoms with Crippen molar-refractivity contribution in [3.63, 3.8) is 0 Å². The molecule has 1 unspecified atom stereocenters. The van der Waals surface area contributed by atoms with Gasteiger partial charge in [-0.15, -0.1) is 0 Å². The average molecular weight is 277 g/mol. The molecule has 1 aromatic heterocycles. The van der Waals surface area contributed by atoms with Gasteiger partial charge in [-0.3, -0.25) is 9.69 Å². The third kappa shape index (κ3) is 2.29. The van der Waals surface area contributed by atoms with E-state index in [1.807, 2.05) is 0 Å². The average Bonchev–Trinajstić information content (AvgIpc) is 2.60. The number of hydrogen-bond donors (Lipinski definition) is 1. The highest BCUT2D eigenvalue weighted by Crippen LogP contribution is 2.31. The topological polar surface area (TPSA) is 33.2 Å². The molecule has 16 heavy (non-hydrogen) atoms. The van der Waals surface area contributed by atoms with Gasteiger partial charge in [-0.1, -0.05) is 23.2 Å². The number of hydrogen-bond acceptors (Lipinski definition) is 3. The van der Waals surface area contributed by atoms with Gasteiger partial charge in [-0.25, -0.2) is 4.98 Å². The number of aromatic nitrogens is 1. The van der Waals surface area contributed by atoms with E-state index in [1.165, 1.54) is 6.20 Å². The molecule has 1 aliphatic rings. The highest BCUT2D eigenvalue weighted by molar-refractivity contribution is 7.80. The summed E-state index contributed by atoms with van der Waals surface area (Å²) >= 11 is 16.0. The van der Waals surface area contributed by atoms with Gasteiger partial charge in [0, 0.05) is 19.2 Å². The lowest BCUT2D eigenvalue weighted by Crippen LogP contribution is -2.26. The standard InChI is InChI=1S/C10H10Cl2N2OS/c11-7-2-8(12)10(13-3-7)14-4-6(5-16)1-9(14)15/h2-3,6,16H,1,4-5H2. The maximum atomic E-state index is 11.7. The van der Waals surface area contributed by atoms with Crippen LogP contribution in [0, 0.1) is 5.92 Å². The van der Waals surface area contributed by atoms with Crippen molar-refractivity contribution in [3.05, 3.63) is 22.3 Å². The van der Waals surface area contributed by atoms with Crippen LogP contribution in [-0.4, -0.2) is 23.2 Å². The summed E-state index contributed by atoms with van der Waals surface area (Å²) in [4.78, 5) is 17.4. The monoisotopic (exact) mass is 276 g/mol. The molecule has 1 amide bonds. The fourth-order valence-electron chi connectivity index (χ4n) is 1.71. The highest BCUT2D eigenvalue weighted by atomic mass is 35.5. The van der Waals surface area contributed by atoms with Gasteiger partial charge >= 0.3 is 0 Å². The van der Waals surface area contributed by atoms with Crippen molar-refractivity contribution in [1.29, 1.82) is 0 Å². The normalized spacial score (nSPS) is 20.6. The molecular formula is C10H10Cl2N2OS. The quantitative estimate of drug-likeness (QED) is 0.843. The molecule has 86 valence electrons. The Balaban J connectivity index is 2.28. The maximum Gasteiger partial charge on any atom is 0.228 e. The molecule has 2 rings (SSSR count). The van der Waals surface area contributed by atoms with E-state index in [0.29, 0.717) is 34.6 Å². The van der Waals surface area contributed by atoms with E-state index < -0.39 is 0 Å². The number of carbonyl (C=O) groups is 1. The first-order valence-corrected chi connectivity index (χ1v) is 6.23. The molecule has 1 aromatic rings. The molecule has 0 aromatic carbocycles. The third-order valence-electron chi connectivity index (χ3n) is 2.51. The number of rotatable bonds is 2. The van der Waals surface area contributed by atoms with Crippen LogP contribution in [-0.2, 0) is 4.79 Å². The number of halogens is 2. The lowest BCUT2D eigenvalue weighted by Gasteiger charge is -2.16. The zero-order valence-corrected chi connectivity index (χ0v) is 10.8. The Morgan fingerprint density at radius 3 is 2.88 bits per heavy atom. The van der Waals surface area contributed by atoms with Gasteiger partial charge in [0.05, 0.1) is 10.0 Å². The summed E-state index contributed by atoms with van der Waals surface area (Å²) in [6, 6.07) is 1.59. The van der Waals surface area contributed by atoms with Crippen molar-refractivity contribution in [2.45, 2.75) is 6.42 Å². The van der Waals surface area contributed by atoms with Gasteiger partial charge in [0.2, 0.25) is 5.91 Å². The minimum atomic E-state index is 0.0378. The Morgan fingerprint density at radius 2 is 2.31 bits per heavy atom. The van der Waals surface area contributed by atoms with Gasteiger partial charge in [0.25, 0.3) is 0 Å². The molecule has 0 radical (unpaired) electrons. The minimum Gasteiger partial charge on any atom is -0.295 e. The number of amides is 1. The Morgan fingerprint density at radius 1 is 1.56 bits per heavy atom. The summed E-state index contributed by atoms with van der Waals surface area (Å²) < 4.78 is 0. The first kappa shape index (κ1) is 12.0. The van der Waals surface area contributed by atoms with E-state index in [0.717, 1.165) is 0 Å². The van der Waals surface area contributed by atoms with E-state index in [2.05, 4.69) is 17.6 Å². The molecule has 0 N–H and O–H groups in total. The number of pyridine rings is 1.